The van der Waals surface area contributed by atoms with E-state index in [0.717, 1.165) is 48.3 Å². The number of hydrogen-bond acceptors (Lipinski definition) is 5. The summed E-state index contributed by atoms with van der Waals surface area (Å²) in [5.41, 5.74) is 0.980. The lowest BCUT2D eigenvalue weighted by Gasteiger charge is -2.13. The normalized spacial score (nSPS) is 18.2. The highest BCUT2D eigenvalue weighted by molar-refractivity contribution is 7.99. The first-order chi connectivity index (χ1) is 10.3. The summed E-state index contributed by atoms with van der Waals surface area (Å²) in [7, 11) is 1.90. The molecule has 2 aromatic rings. The Morgan fingerprint density at radius 2 is 2.43 bits per heavy atom. The van der Waals surface area contributed by atoms with Crippen molar-refractivity contribution in [2.75, 3.05) is 12.4 Å². The second-order valence-corrected chi connectivity index (χ2v) is 6.04. The molecule has 0 unspecified atom stereocenters. The van der Waals surface area contributed by atoms with Gasteiger partial charge in [-0.2, -0.15) is 5.10 Å². The van der Waals surface area contributed by atoms with Gasteiger partial charge in [0.1, 0.15) is 0 Å². The second-order valence-electron chi connectivity index (χ2n) is 5.05. The lowest BCUT2D eigenvalue weighted by atomic mass is 10.2. The fourth-order valence-electron chi connectivity index (χ4n) is 2.44. The Balaban J connectivity index is 1.90. The maximum atomic E-state index is 5.76. The Kier molecular flexibility index (Phi) is 4.40. The van der Waals surface area contributed by atoms with E-state index in [-0.39, 0.29) is 6.10 Å². The largest absolute Gasteiger partial charge is 0.376 e. The van der Waals surface area contributed by atoms with Gasteiger partial charge in [-0.25, -0.2) is 0 Å². The molecule has 0 aliphatic carbocycles. The van der Waals surface area contributed by atoms with Crippen LogP contribution in [0, 0.1) is 0 Å². The number of nitrogens with zero attached hydrogens (tertiary/aromatic N) is 5. The average molecular weight is 305 g/mol. The van der Waals surface area contributed by atoms with E-state index in [9.17, 15) is 0 Å². The van der Waals surface area contributed by atoms with Gasteiger partial charge in [-0.15, -0.1) is 16.8 Å². The Morgan fingerprint density at radius 3 is 3.10 bits per heavy atom. The predicted octanol–water partition coefficient (Wildman–Crippen LogP) is 2.14. The molecule has 0 bridgehead atoms. The fourth-order valence-corrected chi connectivity index (χ4v) is 3.12. The summed E-state index contributed by atoms with van der Waals surface area (Å²) in [6.45, 7) is 5.40. The molecule has 7 heteroatoms. The van der Waals surface area contributed by atoms with Crippen LogP contribution >= 0.6 is 11.8 Å². The molecule has 0 saturated carbocycles. The lowest BCUT2D eigenvalue weighted by Crippen LogP contribution is -2.16. The fraction of sp³-hybridized carbons (Fsp3) is 0.500. The number of thioether (sulfide) groups is 1. The van der Waals surface area contributed by atoms with Gasteiger partial charge in [0.05, 0.1) is 24.4 Å². The topological polar surface area (TPSA) is 57.8 Å². The van der Waals surface area contributed by atoms with Crippen molar-refractivity contribution in [1.29, 1.82) is 0 Å². The van der Waals surface area contributed by atoms with Crippen LogP contribution in [0.5, 0.6) is 0 Å². The zero-order valence-corrected chi connectivity index (χ0v) is 12.9. The summed E-state index contributed by atoms with van der Waals surface area (Å²) in [6.07, 6.45) is 8.12. The summed E-state index contributed by atoms with van der Waals surface area (Å²) >= 11 is 1.64. The molecule has 0 radical (unpaired) electrons. The quantitative estimate of drug-likeness (QED) is 0.604. The van der Waals surface area contributed by atoms with E-state index < -0.39 is 0 Å². The van der Waals surface area contributed by atoms with Crippen LogP contribution in [-0.2, 0) is 18.3 Å². The molecule has 3 heterocycles. The van der Waals surface area contributed by atoms with E-state index in [1.54, 1.807) is 16.4 Å². The van der Waals surface area contributed by atoms with Gasteiger partial charge in [0.15, 0.2) is 11.0 Å². The molecule has 1 aliphatic rings. The van der Waals surface area contributed by atoms with Crippen LogP contribution in [0.3, 0.4) is 0 Å². The Morgan fingerprint density at radius 1 is 1.52 bits per heavy atom. The first-order valence-corrected chi connectivity index (χ1v) is 8.04. The van der Waals surface area contributed by atoms with Crippen molar-refractivity contribution >= 4 is 11.8 Å². The zero-order valence-electron chi connectivity index (χ0n) is 12.1. The van der Waals surface area contributed by atoms with Crippen LogP contribution in [0.4, 0.5) is 0 Å². The van der Waals surface area contributed by atoms with E-state index in [4.69, 9.17) is 4.74 Å². The maximum absolute atomic E-state index is 5.76. The molecule has 1 aliphatic heterocycles. The summed E-state index contributed by atoms with van der Waals surface area (Å²) < 4.78 is 9.67. The van der Waals surface area contributed by atoms with Gasteiger partial charge >= 0.3 is 0 Å². The molecule has 1 fully saturated rings. The summed E-state index contributed by atoms with van der Waals surface area (Å²) in [5, 5.41) is 13.8. The van der Waals surface area contributed by atoms with E-state index >= 15 is 0 Å². The van der Waals surface area contributed by atoms with Gasteiger partial charge in [-0.05, 0) is 12.8 Å². The molecule has 0 spiro atoms. The molecule has 112 valence electrons. The third-order valence-corrected chi connectivity index (χ3v) is 4.38. The third-order valence-electron chi connectivity index (χ3n) is 3.42. The van der Waals surface area contributed by atoms with Crippen LogP contribution < -0.4 is 0 Å². The summed E-state index contributed by atoms with van der Waals surface area (Å²) in [6, 6.07) is 0. The zero-order chi connectivity index (χ0) is 14.7. The number of aromatic nitrogens is 5. The summed E-state index contributed by atoms with van der Waals surface area (Å²) in [4.78, 5) is 0. The predicted molar refractivity (Wildman–Crippen MR) is 82.1 cm³/mol. The van der Waals surface area contributed by atoms with Gasteiger partial charge < -0.3 is 4.74 Å². The molecule has 1 saturated heterocycles. The molecule has 6 nitrogen and oxygen atoms in total. The standard InChI is InChI=1S/C14H19N5OS/c1-3-7-21-14-17-16-13(11-8-15-18(2)9-11)19(14)10-12-5-4-6-20-12/h3,8-9,12H,1,4-7,10H2,2H3/t12-/m0/s1. The molecular weight excluding hydrogens is 286 g/mol. The van der Waals surface area contributed by atoms with Crippen LogP contribution in [0.2, 0.25) is 0 Å². The van der Waals surface area contributed by atoms with Crippen molar-refractivity contribution in [3.05, 3.63) is 25.0 Å². The Hall–Kier alpha value is -1.60. The third kappa shape index (κ3) is 3.19. The monoisotopic (exact) mass is 305 g/mol. The van der Waals surface area contributed by atoms with Gasteiger partial charge in [0.25, 0.3) is 0 Å². The van der Waals surface area contributed by atoms with Gasteiger partial charge in [-0.1, -0.05) is 17.8 Å². The van der Waals surface area contributed by atoms with Crippen LogP contribution in [0.1, 0.15) is 12.8 Å². The van der Waals surface area contributed by atoms with Crippen molar-refractivity contribution in [3.63, 3.8) is 0 Å². The van der Waals surface area contributed by atoms with Crippen molar-refractivity contribution in [1.82, 2.24) is 24.5 Å². The molecule has 0 N–H and O–H groups in total. The smallest absolute Gasteiger partial charge is 0.191 e. The molecular formula is C14H19N5OS. The number of rotatable bonds is 6. The van der Waals surface area contributed by atoms with Crippen LogP contribution in [0.25, 0.3) is 11.4 Å². The number of ether oxygens (including phenoxy) is 1. The minimum atomic E-state index is 0.250. The highest BCUT2D eigenvalue weighted by Gasteiger charge is 2.22. The number of aryl methyl sites for hydroxylation is 1. The van der Waals surface area contributed by atoms with Crippen LogP contribution in [-0.4, -0.2) is 43.0 Å². The molecule has 3 rings (SSSR count). The minimum Gasteiger partial charge on any atom is -0.376 e. The van der Waals surface area contributed by atoms with Gasteiger partial charge in [-0.3, -0.25) is 9.25 Å². The Bertz CT molecular complexity index is 615. The van der Waals surface area contributed by atoms with Crippen molar-refractivity contribution < 1.29 is 4.74 Å². The first-order valence-electron chi connectivity index (χ1n) is 7.05. The number of hydrogen-bond donors (Lipinski definition) is 0. The van der Waals surface area contributed by atoms with Crippen molar-refractivity contribution in [3.8, 4) is 11.4 Å². The highest BCUT2D eigenvalue weighted by atomic mass is 32.2. The summed E-state index contributed by atoms with van der Waals surface area (Å²) in [5.74, 6) is 1.67. The lowest BCUT2D eigenvalue weighted by molar-refractivity contribution is 0.0953. The molecule has 2 aromatic heterocycles. The van der Waals surface area contributed by atoms with Crippen LogP contribution in [0.15, 0.2) is 30.2 Å². The van der Waals surface area contributed by atoms with Crippen molar-refractivity contribution in [2.45, 2.75) is 30.6 Å². The Labute approximate surface area is 128 Å². The molecule has 1 atom stereocenters. The SMILES string of the molecule is C=CCSc1nnc(-c2cnn(C)c2)n1C[C@@H]1CCCO1. The van der Waals surface area contributed by atoms with E-state index in [2.05, 4.69) is 26.4 Å². The average Bonchev–Trinajstić information content (AvgIpc) is 3.19. The molecule has 0 aromatic carbocycles. The van der Waals surface area contributed by atoms with E-state index in [1.807, 2.05) is 25.5 Å². The molecule has 21 heavy (non-hydrogen) atoms. The minimum absolute atomic E-state index is 0.250. The highest BCUT2D eigenvalue weighted by Crippen LogP contribution is 2.26. The second kappa shape index (κ2) is 6.44. The van der Waals surface area contributed by atoms with E-state index in [0.29, 0.717) is 0 Å². The van der Waals surface area contributed by atoms with Crippen molar-refractivity contribution in [2.24, 2.45) is 7.05 Å². The molecule has 0 amide bonds. The first kappa shape index (κ1) is 14.3. The van der Waals surface area contributed by atoms with Gasteiger partial charge in [0, 0.05) is 25.6 Å². The maximum Gasteiger partial charge on any atom is 0.191 e. The van der Waals surface area contributed by atoms with Gasteiger partial charge in [0.2, 0.25) is 0 Å². The van der Waals surface area contributed by atoms with E-state index in [1.165, 1.54) is 0 Å².